The summed E-state index contributed by atoms with van der Waals surface area (Å²) in [7, 11) is -2.82. The maximum absolute atomic E-state index is 16.0. The van der Waals surface area contributed by atoms with Crippen LogP contribution in [0.4, 0.5) is 20.5 Å². The van der Waals surface area contributed by atoms with E-state index in [1.165, 1.54) is 19.1 Å². The lowest BCUT2D eigenvalue weighted by Crippen LogP contribution is -2.45. The number of nitrogens with zero attached hydrogens (tertiary/aromatic N) is 4. The molecule has 6 atom stereocenters. The molecule has 1 saturated heterocycles. The molecule has 0 bridgehead atoms. The third-order valence-electron chi connectivity index (χ3n) is 6.13. The molecule has 0 spiro atoms. The number of rotatable bonds is 12. The molecular weight excluding hydrogens is 567 g/mol. The first-order valence-electron chi connectivity index (χ1n) is 12.6. The van der Waals surface area contributed by atoms with Crippen LogP contribution in [0, 0.1) is 0 Å². The van der Waals surface area contributed by atoms with Gasteiger partial charge in [0.15, 0.2) is 23.2 Å². The van der Waals surface area contributed by atoms with Gasteiger partial charge in [0, 0.05) is 7.05 Å². The summed E-state index contributed by atoms with van der Waals surface area (Å²) in [5.41, 5.74) is 3.01. The summed E-state index contributed by atoms with van der Waals surface area (Å²) in [6.45, 7) is 2.31. The molecule has 1 aliphatic heterocycles. The van der Waals surface area contributed by atoms with Gasteiger partial charge in [-0.15, -0.1) is 0 Å². The van der Waals surface area contributed by atoms with Gasteiger partial charge in [-0.2, -0.15) is 15.1 Å². The van der Waals surface area contributed by atoms with Gasteiger partial charge in [0.1, 0.15) is 30.7 Å². The lowest BCUT2D eigenvalue weighted by atomic mass is 9.97. The fourth-order valence-corrected chi connectivity index (χ4v) is 5.67. The molecule has 1 fully saturated rings. The minimum absolute atomic E-state index is 0.0216. The van der Waals surface area contributed by atoms with Crippen LogP contribution in [-0.2, 0) is 23.4 Å². The van der Waals surface area contributed by atoms with E-state index in [0.29, 0.717) is 0 Å². The predicted molar refractivity (Wildman–Crippen MR) is 143 cm³/mol. The summed E-state index contributed by atoms with van der Waals surface area (Å²) in [4.78, 5) is 24.6. The summed E-state index contributed by atoms with van der Waals surface area (Å²) in [5, 5.41) is 16.1. The van der Waals surface area contributed by atoms with Crippen LogP contribution in [0.5, 0.6) is 5.75 Å². The second-order valence-corrected chi connectivity index (χ2v) is 11.3. The van der Waals surface area contributed by atoms with Gasteiger partial charge < -0.3 is 30.2 Å². The van der Waals surface area contributed by atoms with Gasteiger partial charge in [-0.25, -0.2) is 18.3 Å². The van der Waals surface area contributed by atoms with Crippen molar-refractivity contribution in [2.24, 2.45) is 0 Å². The molecule has 41 heavy (non-hydrogen) atoms. The Labute approximate surface area is 234 Å². The molecule has 3 aromatic rings. The molecule has 1 aromatic carbocycles. The number of aliphatic hydroxyl groups excluding tert-OH is 1. The standard InChI is InChI=1S/C24H32F2N7O7P/c1-13(2)38-21(35)14(3)32-41(36,40-15-8-6-5-7-9-15)37-10-16-18(34)24(26,11-25)22(39-16)33-12-29-17-19(28-4)30-23(27)31-20(17)33/h5-9,12-14,16,18,22,34H,10-11H2,1-4H3,(H,32,36)(H3,27,28,30,31)/t14-,16?,18-,22-,24-,41-/m1/s1. The number of nitrogens with one attached hydrogen (secondary N) is 2. The number of hydrogen-bond acceptors (Lipinski definition) is 12. The lowest BCUT2D eigenvalue weighted by molar-refractivity contribution is -0.149. The number of esters is 1. The Hall–Kier alpha value is -3.43. The molecule has 224 valence electrons. The molecule has 3 heterocycles. The lowest BCUT2D eigenvalue weighted by Gasteiger charge is -2.26. The van der Waals surface area contributed by atoms with E-state index in [2.05, 4.69) is 25.4 Å². The van der Waals surface area contributed by atoms with Crippen LogP contribution in [0.15, 0.2) is 36.7 Å². The quantitative estimate of drug-likeness (QED) is 0.176. The minimum Gasteiger partial charge on any atom is -0.462 e. The van der Waals surface area contributed by atoms with Gasteiger partial charge >= 0.3 is 13.7 Å². The number of benzene rings is 1. The summed E-state index contributed by atoms with van der Waals surface area (Å²) >= 11 is 0. The minimum atomic E-state index is -4.38. The van der Waals surface area contributed by atoms with Crippen molar-refractivity contribution >= 4 is 36.6 Å². The van der Waals surface area contributed by atoms with Crippen LogP contribution in [0.25, 0.3) is 11.2 Å². The van der Waals surface area contributed by atoms with Gasteiger partial charge in [0.25, 0.3) is 0 Å². The summed E-state index contributed by atoms with van der Waals surface area (Å²) in [6.07, 6.45) is -4.66. The van der Waals surface area contributed by atoms with Gasteiger partial charge in [-0.1, -0.05) is 18.2 Å². The van der Waals surface area contributed by atoms with Gasteiger partial charge in [0.05, 0.1) is 19.0 Å². The molecule has 0 radical (unpaired) electrons. The number of aromatic nitrogens is 4. The Morgan fingerprint density at radius 2 is 2.00 bits per heavy atom. The SMILES string of the molecule is CNc1nc(N)nc2c1ncn2[C@@H]1OC(CO[P@](=O)(N[C@H](C)C(=O)OC(C)C)Oc2ccccc2)[C@@H](O)[C@]1(F)CF. The highest BCUT2D eigenvalue weighted by Crippen LogP contribution is 2.48. The summed E-state index contributed by atoms with van der Waals surface area (Å²) < 4.78 is 67.0. The number of halogens is 2. The van der Waals surface area contributed by atoms with Crippen molar-refractivity contribution in [1.82, 2.24) is 24.6 Å². The number of aliphatic hydroxyl groups is 1. The number of carbonyl (C=O) groups excluding carboxylic acids is 1. The molecule has 17 heteroatoms. The highest BCUT2D eigenvalue weighted by atomic mass is 31.2. The van der Waals surface area contributed by atoms with Crippen molar-refractivity contribution < 1.29 is 41.8 Å². The molecule has 0 amide bonds. The maximum atomic E-state index is 16.0. The zero-order chi connectivity index (χ0) is 29.9. The fourth-order valence-electron chi connectivity index (χ4n) is 4.17. The number of hydrogen-bond donors (Lipinski definition) is 4. The zero-order valence-corrected chi connectivity index (χ0v) is 23.6. The molecule has 5 N–H and O–H groups in total. The average molecular weight is 600 g/mol. The third-order valence-corrected chi connectivity index (χ3v) is 7.77. The molecule has 4 rings (SSSR count). The maximum Gasteiger partial charge on any atom is 0.459 e. The number of carbonyl (C=O) groups is 1. The number of anilines is 2. The van der Waals surface area contributed by atoms with E-state index in [4.69, 9.17) is 24.3 Å². The number of para-hydroxylation sites is 1. The van der Waals surface area contributed by atoms with Gasteiger partial charge in [-0.3, -0.25) is 13.9 Å². The van der Waals surface area contributed by atoms with E-state index >= 15 is 4.39 Å². The zero-order valence-electron chi connectivity index (χ0n) is 22.7. The number of imidazole rings is 1. The van der Waals surface area contributed by atoms with Crippen LogP contribution in [0.3, 0.4) is 0 Å². The third kappa shape index (κ3) is 6.41. The fraction of sp³-hybridized carbons (Fsp3) is 0.500. The predicted octanol–water partition coefficient (Wildman–Crippen LogP) is 2.52. The second-order valence-electron chi connectivity index (χ2n) is 9.57. The van der Waals surface area contributed by atoms with Crippen LogP contribution in [0.2, 0.25) is 0 Å². The number of fused-ring (bicyclic) bond motifs is 1. The molecule has 1 unspecified atom stereocenters. The average Bonchev–Trinajstić information content (AvgIpc) is 3.45. The Bertz CT molecular complexity index is 1420. The Morgan fingerprint density at radius 3 is 2.63 bits per heavy atom. The first kappa shape index (κ1) is 30.5. The molecule has 2 aromatic heterocycles. The van der Waals surface area contributed by atoms with Gasteiger partial charge in [-0.05, 0) is 32.9 Å². The molecule has 0 saturated carbocycles. The number of ether oxygens (including phenoxy) is 2. The summed E-state index contributed by atoms with van der Waals surface area (Å²) in [6, 6.07) is 6.79. The monoisotopic (exact) mass is 599 g/mol. The van der Waals surface area contributed by atoms with Crippen LogP contribution >= 0.6 is 7.75 Å². The van der Waals surface area contributed by atoms with Crippen LogP contribution in [-0.4, -0.2) is 80.9 Å². The number of alkyl halides is 2. The topological polar surface area (TPSA) is 185 Å². The van der Waals surface area contributed by atoms with E-state index in [-0.39, 0.29) is 28.7 Å². The highest BCUT2D eigenvalue weighted by Gasteiger charge is 2.59. The van der Waals surface area contributed by atoms with E-state index in [9.17, 15) is 18.9 Å². The van der Waals surface area contributed by atoms with Crippen molar-refractivity contribution in [3.8, 4) is 5.75 Å². The van der Waals surface area contributed by atoms with Crippen LogP contribution < -0.4 is 20.7 Å². The van der Waals surface area contributed by atoms with Crippen molar-refractivity contribution in [1.29, 1.82) is 0 Å². The smallest absolute Gasteiger partial charge is 0.459 e. The molecule has 1 aliphatic rings. The Kier molecular flexibility index (Phi) is 9.09. The largest absolute Gasteiger partial charge is 0.462 e. The number of nitrogen functional groups attached to an aromatic ring is 1. The molecular formula is C24H32F2N7O7P. The van der Waals surface area contributed by atoms with Crippen molar-refractivity contribution in [3.05, 3.63) is 36.7 Å². The summed E-state index contributed by atoms with van der Waals surface area (Å²) in [5.74, 6) is -0.525. The normalized spacial score (nSPS) is 24.7. The van der Waals surface area contributed by atoms with E-state index in [0.717, 1.165) is 10.9 Å². The Balaban J connectivity index is 1.59. The van der Waals surface area contributed by atoms with E-state index in [1.807, 2.05) is 0 Å². The second kappa shape index (κ2) is 12.2. The first-order chi connectivity index (χ1) is 19.4. The van der Waals surface area contributed by atoms with Crippen LogP contribution in [0.1, 0.15) is 27.0 Å². The van der Waals surface area contributed by atoms with E-state index in [1.54, 1.807) is 39.1 Å². The number of nitrogens with two attached hydrogens (primary N) is 1. The highest BCUT2D eigenvalue weighted by molar-refractivity contribution is 7.52. The van der Waals surface area contributed by atoms with Crippen molar-refractivity contribution in [2.75, 3.05) is 31.4 Å². The Morgan fingerprint density at radius 1 is 1.29 bits per heavy atom. The molecule has 0 aliphatic carbocycles. The molecule has 14 nitrogen and oxygen atoms in total. The van der Waals surface area contributed by atoms with E-state index < -0.39 is 63.2 Å². The van der Waals surface area contributed by atoms with Crippen molar-refractivity contribution in [2.45, 2.75) is 57.0 Å². The van der Waals surface area contributed by atoms with Gasteiger partial charge in [0.2, 0.25) is 11.6 Å². The van der Waals surface area contributed by atoms with Crippen molar-refractivity contribution in [3.63, 3.8) is 0 Å². The first-order valence-corrected chi connectivity index (χ1v) is 14.2.